The molecule has 0 aromatic carbocycles. The minimum absolute atomic E-state index is 0.00579. The van der Waals surface area contributed by atoms with Gasteiger partial charge in [0.05, 0.1) is 29.5 Å². The number of aliphatic carboxylic acids is 1. The highest BCUT2D eigenvalue weighted by Gasteiger charge is 2.73. The summed E-state index contributed by atoms with van der Waals surface area (Å²) in [5, 5.41) is 60.3. The van der Waals surface area contributed by atoms with Crippen molar-refractivity contribution in [1.82, 2.24) is 15.5 Å². The molecule has 6 saturated carbocycles. The Bertz CT molecular complexity index is 1900. The van der Waals surface area contributed by atoms with Gasteiger partial charge in [0.25, 0.3) is 0 Å². The molecular formula is C55H93N3O11. The number of aliphatic hydroxyl groups excluding tert-OH is 4. The molecule has 7 aliphatic rings. The van der Waals surface area contributed by atoms with E-state index in [0.29, 0.717) is 29.6 Å². The van der Waals surface area contributed by atoms with Crippen LogP contribution in [0.2, 0.25) is 0 Å². The van der Waals surface area contributed by atoms with Crippen molar-refractivity contribution in [3.05, 3.63) is 12.2 Å². The van der Waals surface area contributed by atoms with Gasteiger partial charge in [0.2, 0.25) is 11.8 Å². The predicted octanol–water partition coefficient (Wildman–Crippen LogP) is 6.59. The topological polar surface area (TPSA) is 226 Å². The van der Waals surface area contributed by atoms with E-state index in [-0.39, 0.29) is 76.4 Å². The number of likely N-dealkylation sites (N-methyl/N-ethyl adjacent to an activating group) is 1. The molecule has 15 atom stereocenters. The summed E-state index contributed by atoms with van der Waals surface area (Å²) in [6.07, 6.45) is 8.13. The molecule has 1 saturated heterocycles. The number of esters is 1. The number of rotatable bonds is 14. The van der Waals surface area contributed by atoms with E-state index in [1.165, 1.54) is 12.0 Å². The number of piperidine rings is 1. The summed E-state index contributed by atoms with van der Waals surface area (Å²) in [4.78, 5) is 55.7. The molecule has 8 N–H and O–H groups in total. The number of likely N-dealkylation sites (tertiary alicyclic amines) is 1. The third kappa shape index (κ3) is 9.96. The van der Waals surface area contributed by atoms with Gasteiger partial charge in [-0.2, -0.15) is 0 Å². The molecule has 0 bridgehead atoms. The highest BCUT2D eigenvalue weighted by Crippen LogP contribution is 2.78. The molecule has 14 heteroatoms. The van der Waals surface area contributed by atoms with Gasteiger partial charge in [-0.25, -0.2) is 0 Å². The zero-order valence-corrected chi connectivity index (χ0v) is 44.2. The van der Waals surface area contributed by atoms with Gasteiger partial charge in [-0.05, 0) is 169 Å². The van der Waals surface area contributed by atoms with E-state index in [4.69, 9.17) is 25.2 Å². The second-order valence-electron chi connectivity index (χ2n) is 26.0. The molecule has 0 aromatic heterocycles. The third-order valence-electron chi connectivity index (χ3n) is 21.1. The number of hydrogen-bond donors (Lipinski definition) is 8. The first-order valence-electron chi connectivity index (χ1n) is 26.7. The van der Waals surface area contributed by atoms with Crippen molar-refractivity contribution in [1.29, 1.82) is 0 Å². The predicted molar refractivity (Wildman–Crippen MR) is 264 cm³/mol. The molecule has 0 radical (unpaired) electrons. The summed E-state index contributed by atoms with van der Waals surface area (Å²) in [7, 11) is 1.59. The number of aliphatic hydroxyl groups is 5. The standard InChI is InChI=1S/C48H76N2O6.C7H17NO5/c1-29(2)30-17-22-48(40(53)49-35-27-33(43(35,5)6)39(52)50-25-13-12-14-26-50)24-23-46(10)32-15-16-34-44(7,8)36(56-37(51)28-42(3,4)41(54)55)19-20-45(34,9)31(32)18-21-47(46,11)38(30)48;1-8-3-5(10)7(13)4(9)2-6(11)12/h30-36,38H,1,12-28H2,2-11H3,(H,49,53)(H,54,55);4-13H,2-3H2,1H3/t30-,31-,32?,33+,34-,35?,36-,38?,45+,46-,47+,48-;4-,5-,7-/m01/s1. The molecule has 6 aliphatic carbocycles. The molecule has 3 unspecified atom stereocenters. The molecule has 0 aromatic rings. The van der Waals surface area contributed by atoms with Gasteiger partial charge in [0, 0.05) is 43.4 Å². The lowest BCUT2D eigenvalue weighted by molar-refractivity contribution is -0.240. The van der Waals surface area contributed by atoms with Crippen LogP contribution in [0.25, 0.3) is 0 Å². The average Bonchev–Trinajstić information content (AvgIpc) is 3.69. The van der Waals surface area contributed by atoms with Crippen molar-refractivity contribution in [2.45, 2.75) is 209 Å². The number of hydrogen-bond acceptors (Lipinski definition) is 11. The van der Waals surface area contributed by atoms with Crippen molar-refractivity contribution in [3.8, 4) is 0 Å². The Labute approximate surface area is 413 Å². The summed E-state index contributed by atoms with van der Waals surface area (Å²) < 4.78 is 6.19. The molecule has 1 aliphatic heterocycles. The summed E-state index contributed by atoms with van der Waals surface area (Å²) in [6, 6.07) is 0.0149. The van der Waals surface area contributed by atoms with Crippen LogP contribution in [0.5, 0.6) is 0 Å². The fourth-order valence-corrected chi connectivity index (χ4v) is 16.5. The van der Waals surface area contributed by atoms with Crippen molar-refractivity contribution in [3.63, 3.8) is 0 Å². The average molecular weight is 972 g/mol. The maximum absolute atomic E-state index is 15.1. The van der Waals surface area contributed by atoms with Gasteiger partial charge in [0.1, 0.15) is 12.2 Å². The highest BCUT2D eigenvalue weighted by molar-refractivity contribution is 5.86. The lowest BCUT2D eigenvalue weighted by Crippen LogP contribution is -2.69. The van der Waals surface area contributed by atoms with Crippen LogP contribution < -0.4 is 10.6 Å². The smallest absolute Gasteiger partial charge is 0.309 e. The first kappa shape index (κ1) is 55.7. The van der Waals surface area contributed by atoms with Crippen LogP contribution >= 0.6 is 0 Å². The Hall–Kier alpha value is -2.62. The fraction of sp³-hybridized carbons (Fsp3) is 0.891. The Balaban J connectivity index is 0.000000527. The first-order valence-corrected chi connectivity index (χ1v) is 26.7. The number of carbonyl (C=O) groups excluding carboxylic acids is 3. The van der Waals surface area contributed by atoms with E-state index in [1.54, 1.807) is 20.9 Å². The van der Waals surface area contributed by atoms with Crippen LogP contribution in [-0.2, 0) is 23.9 Å². The number of carbonyl (C=O) groups is 4. The highest BCUT2D eigenvalue weighted by atomic mass is 16.5. The monoisotopic (exact) mass is 972 g/mol. The molecule has 394 valence electrons. The summed E-state index contributed by atoms with van der Waals surface area (Å²) in [6.45, 7) is 28.5. The molecule has 0 spiro atoms. The number of ether oxygens (including phenoxy) is 1. The molecular weight excluding hydrogens is 879 g/mol. The van der Waals surface area contributed by atoms with E-state index in [1.807, 2.05) is 0 Å². The molecule has 69 heavy (non-hydrogen) atoms. The number of amides is 2. The Morgan fingerprint density at radius 3 is 2.01 bits per heavy atom. The van der Waals surface area contributed by atoms with Crippen LogP contribution in [0.1, 0.15) is 172 Å². The van der Waals surface area contributed by atoms with Crippen LogP contribution in [-0.4, -0.2) is 123 Å². The minimum Gasteiger partial charge on any atom is -0.481 e. The Morgan fingerprint density at radius 2 is 1.43 bits per heavy atom. The molecule has 7 fully saturated rings. The summed E-state index contributed by atoms with van der Waals surface area (Å²) in [5.74, 6) is 1.23. The van der Waals surface area contributed by atoms with E-state index < -0.39 is 47.4 Å². The van der Waals surface area contributed by atoms with Crippen LogP contribution in [0.3, 0.4) is 0 Å². The first-order chi connectivity index (χ1) is 32.0. The Kier molecular flexibility index (Phi) is 16.4. The van der Waals surface area contributed by atoms with Crippen LogP contribution in [0, 0.1) is 73.4 Å². The van der Waals surface area contributed by atoms with Gasteiger partial charge in [-0.3, -0.25) is 19.2 Å². The van der Waals surface area contributed by atoms with Gasteiger partial charge < -0.3 is 50.9 Å². The largest absolute Gasteiger partial charge is 0.481 e. The van der Waals surface area contributed by atoms with Gasteiger partial charge >= 0.3 is 11.9 Å². The van der Waals surface area contributed by atoms with Crippen LogP contribution in [0.4, 0.5) is 0 Å². The van der Waals surface area contributed by atoms with E-state index in [0.717, 1.165) is 96.6 Å². The number of fused-ring (bicyclic) bond motifs is 7. The zero-order valence-electron chi connectivity index (χ0n) is 44.2. The third-order valence-corrected chi connectivity index (χ3v) is 21.1. The zero-order chi connectivity index (χ0) is 51.4. The number of nitrogens with one attached hydrogen (secondary N) is 2. The molecule has 1 heterocycles. The molecule has 14 nitrogen and oxygen atoms in total. The molecule has 2 amide bonds. The number of nitrogens with zero attached hydrogens (tertiary/aromatic N) is 1. The Morgan fingerprint density at radius 1 is 0.783 bits per heavy atom. The summed E-state index contributed by atoms with van der Waals surface area (Å²) >= 11 is 0. The lowest BCUT2D eigenvalue weighted by atomic mass is 9.33. The van der Waals surface area contributed by atoms with E-state index in [9.17, 15) is 24.6 Å². The van der Waals surface area contributed by atoms with Gasteiger partial charge in [-0.1, -0.05) is 60.6 Å². The quantitative estimate of drug-likeness (QED) is 0.0525. The number of carboxylic acids is 1. The van der Waals surface area contributed by atoms with Crippen molar-refractivity contribution < 1.29 is 54.6 Å². The van der Waals surface area contributed by atoms with E-state index in [2.05, 4.69) is 77.5 Å². The van der Waals surface area contributed by atoms with Crippen molar-refractivity contribution in [2.24, 2.45) is 73.4 Å². The molecule has 7 rings (SSSR count). The maximum atomic E-state index is 15.1. The van der Waals surface area contributed by atoms with Crippen molar-refractivity contribution >= 4 is 23.8 Å². The van der Waals surface area contributed by atoms with Gasteiger partial charge in [-0.15, -0.1) is 0 Å². The van der Waals surface area contributed by atoms with E-state index >= 15 is 4.79 Å². The second-order valence-corrected chi connectivity index (χ2v) is 26.0. The lowest BCUT2D eigenvalue weighted by Gasteiger charge is -2.72. The van der Waals surface area contributed by atoms with Crippen LogP contribution in [0.15, 0.2) is 12.2 Å². The van der Waals surface area contributed by atoms with Gasteiger partial charge in [0.15, 0.2) is 6.29 Å². The number of allylic oxidation sites excluding steroid dienone is 1. The van der Waals surface area contributed by atoms with Crippen molar-refractivity contribution in [2.75, 3.05) is 26.7 Å². The fourth-order valence-electron chi connectivity index (χ4n) is 16.5. The SMILES string of the molecule is C=C(C)[C@@H]1CC[C@]2(C(=O)NC3C[C@H](C(=O)N4CCCCC4)C3(C)C)CC[C@@]3(C)C4CC[C@H]5C(C)(C)[C@@H](OC(=O)CC(C)(C)C(=O)O)CC[C@]5(C)[C@H]4CC[C@]3(C)C12.CNC[C@@H](O)[C@H](O)[C@H](O)CC(O)O. The summed E-state index contributed by atoms with van der Waals surface area (Å²) in [5.41, 5.74) is -0.616. The number of carboxylic acid groups (broad SMARTS) is 1. The maximum Gasteiger partial charge on any atom is 0.309 e. The second kappa shape index (κ2) is 20.4. The normalized spacial score (nSPS) is 39.1. The minimum atomic E-state index is -1.69.